The smallest absolute Gasteiger partial charge is 0.191 e. The highest BCUT2D eigenvalue weighted by Crippen LogP contribution is 2.13. The molecule has 7 heteroatoms. The molecule has 2 N–H and O–H groups in total. The molecule has 156 valence electrons. The first-order valence-electron chi connectivity index (χ1n) is 9.78. The predicted octanol–water partition coefficient (Wildman–Crippen LogP) is 3.59. The standard InChI is InChI=1S/C21H33N5S.HI/c1-5-19-16-24-20(27-19)12-13-23-21(22-6-2)25-15-18(26(3)4)14-17-10-8-7-9-11-17;/h7-11,16,18H,5-6,12-15H2,1-4H3,(H2,22,23,25);1H. The molecule has 0 aliphatic carbocycles. The van der Waals surface area contributed by atoms with E-state index < -0.39 is 0 Å². The van der Waals surface area contributed by atoms with E-state index in [1.165, 1.54) is 15.4 Å². The monoisotopic (exact) mass is 515 g/mol. The zero-order chi connectivity index (χ0) is 19.5. The van der Waals surface area contributed by atoms with Crippen molar-refractivity contribution in [3.63, 3.8) is 0 Å². The van der Waals surface area contributed by atoms with Crippen LogP contribution in [0.5, 0.6) is 0 Å². The lowest BCUT2D eigenvalue weighted by atomic mass is 10.1. The van der Waals surface area contributed by atoms with E-state index in [0.717, 1.165) is 44.9 Å². The van der Waals surface area contributed by atoms with Crippen LogP contribution in [0, 0.1) is 0 Å². The summed E-state index contributed by atoms with van der Waals surface area (Å²) < 4.78 is 0. The summed E-state index contributed by atoms with van der Waals surface area (Å²) in [6.07, 6.45) is 4.97. The van der Waals surface area contributed by atoms with E-state index in [0.29, 0.717) is 6.04 Å². The number of nitrogens with one attached hydrogen (secondary N) is 2. The van der Waals surface area contributed by atoms with E-state index >= 15 is 0 Å². The van der Waals surface area contributed by atoms with Gasteiger partial charge in [0, 0.05) is 36.6 Å². The fourth-order valence-electron chi connectivity index (χ4n) is 2.75. The van der Waals surface area contributed by atoms with Crippen LogP contribution >= 0.6 is 35.3 Å². The third-order valence-corrected chi connectivity index (χ3v) is 5.63. The maximum absolute atomic E-state index is 4.82. The lowest BCUT2D eigenvalue weighted by Gasteiger charge is -2.23. The fourth-order valence-corrected chi connectivity index (χ4v) is 3.61. The topological polar surface area (TPSA) is 52.6 Å². The van der Waals surface area contributed by atoms with Gasteiger partial charge in [0.25, 0.3) is 0 Å². The minimum absolute atomic E-state index is 0. The number of thiazole rings is 1. The van der Waals surface area contributed by atoms with Gasteiger partial charge in [-0.1, -0.05) is 37.3 Å². The molecule has 0 fully saturated rings. The van der Waals surface area contributed by atoms with Gasteiger partial charge < -0.3 is 15.5 Å². The number of nitrogens with zero attached hydrogens (tertiary/aromatic N) is 3. The van der Waals surface area contributed by atoms with Crippen molar-refractivity contribution in [2.24, 2.45) is 4.99 Å². The molecule has 0 radical (unpaired) electrons. The van der Waals surface area contributed by atoms with Gasteiger partial charge in [0.2, 0.25) is 0 Å². The number of benzene rings is 1. The first-order valence-corrected chi connectivity index (χ1v) is 10.6. The zero-order valence-corrected chi connectivity index (χ0v) is 20.6. The number of aromatic nitrogens is 1. The number of hydrogen-bond acceptors (Lipinski definition) is 4. The molecule has 0 saturated heterocycles. The van der Waals surface area contributed by atoms with Gasteiger partial charge in [0.1, 0.15) is 0 Å². The molecule has 0 aliphatic rings. The summed E-state index contributed by atoms with van der Waals surface area (Å²) in [6.45, 7) is 6.72. The summed E-state index contributed by atoms with van der Waals surface area (Å²) >= 11 is 1.80. The van der Waals surface area contributed by atoms with Crippen molar-refractivity contribution >= 4 is 41.3 Å². The molecular formula is C21H34IN5S. The largest absolute Gasteiger partial charge is 0.357 e. The predicted molar refractivity (Wildman–Crippen MR) is 132 cm³/mol. The summed E-state index contributed by atoms with van der Waals surface area (Å²) in [5.74, 6) is 0.879. The number of aryl methyl sites for hydroxylation is 1. The highest BCUT2D eigenvalue weighted by molar-refractivity contribution is 14.0. The molecule has 0 saturated carbocycles. The van der Waals surface area contributed by atoms with Crippen LogP contribution in [0.25, 0.3) is 0 Å². The summed E-state index contributed by atoms with van der Waals surface area (Å²) in [4.78, 5) is 12.9. The van der Waals surface area contributed by atoms with Crippen LogP contribution in [0.3, 0.4) is 0 Å². The van der Waals surface area contributed by atoms with Gasteiger partial charge in [0.15, 0.2) is 5.96 Å². The fraction of sp³-hybridized carbons (Fsp3) is 0.524. The number of likely N-dealkylation sites (N-methyl/N-ethyl adjacent to an activating group) is 1. The Morgan fingerprint density at radius 2 is 1.93 bits per heavy atom. The summed E-state index contributed by atoms with van der Waals surface area (Å²) in [7, 11) is 4.24. The Bertz CT molecular complexity index is 687. The third kappa shape index (κ3) is 8.87. The van der Waals surface area contributed by atoms with E-state index in [2.05, 4.69) is 78.8 Å². The van der Waals surface area contributed by atoms with Crippen molar-refractivity contribution in [2.45, 2.75) is 39.2 Å². The Hall–Kier alpha value is -1.19. The molecule has 1 aromatic heterocycles. The van der Waals surface area contributed by atoms with Gasteiger partial charge in [-0.15, -0.1) is 35.3 Å². The van der Waals surface area contributed by atoms with E-state index in [1.54, 1.807) is 11.3 Å². The molecule has 0 aliphatic heterocycles. The Labute approximate surface area is 191 Å². The minimum atomic E-state index is 0. The normalized spacial score (nSPS) is 12.5. The second-order valence-electron chi connectivity index (χ2n) is 6.78. The third-order valence-electron chi connectivity index (χ3n) is 4.43. The van der Waals surface area contributed by atoms with Gasteiger partial charge in [-0.25, -0.2) is 4.98 Å². The van der Waals surface area contributed by atoms with E-state index in [9.17, 15) is 0 Å². The van der Waals surface area contributed by atoms with Crippen LogP contribution in [0.1, 0.15) is 29.3 Å². The molecule has 2 aromatic rings. The van der Waals surface area contributed by atoms with Crippen LogP contribution in [0.4, 0.5) is 0 Å². The zero-order valence-electron chi connectivity index (χ0n) is 17.4. The molecule has 1 unspecified atom stereocenters. The van der Waals surface area contributed by atoms with Crippen molar-refractivity contribution in [3.8, 4) is 0 Å². The van der Waals surface area contributed by atoms with Crippen LogP contribution in [-0.4, -0.2) is 55.6 Å². The highest BCUT2D eigenvalue weighted by atomic mass is 127. The molecule has 0 amide bonds. The number of halogens is 1. The number of aliphatic imine (C=N–C) groups is 1. The maximum atomic E-state index is 4.82. The van der Waals surface area contributed by atoms with Crippen LogP contribution in [0.2, 0.25) is 0 Å². The van der Waals surface area contributed by atoms with Gasteiger partial charge >= 0.3 is 0 Å². The van der Waals surface area contributed by atoms with Crippen molar-refractivity contribution in [1.29, 1.82) is 0 Å². The van der Waals surface area contributed by atoms with Gasteiger partial charge in [-0.2, -0.15) is 0 Å². The van der Waals surface area contributed by atoms with Crippen molar-refractivity contribution in [3.05, 3.63) is 52.0 Å². The van der Waals surface area contributed by atoms with Crippen molar-refractivity contribution in [1.82, 2.24) is 20.5 Å². The SMILES string of the molecule is CCNC(=NCC(Cc1ccccc1)N(C)C)NCCc1ncc(CC)s1.I. The molecule has 1 heterocycles. The van der Waals surface area contributed by atoms with Crippen LogP contribution in [0.15, 0.2) is 41.5 Å². The lowest BCUT2D eigenvalue weighted by Crippen LogP contribution is -2.40. The number of hydrogen-bond donors (Lipinski definition) is 2. The van der Waals surface area contributed by atoms with Crippen molar-refractivity contribution < 1.29 is 0 Å². The Balaban J connectivity index is 0.00000392. The number of rotatable bonds is 10. The van der Waals surface area contributed by atoms with Crippen LogP contribution < -0.4 is 10.6 Å². The maximum Gasteiger partial charge on any atom is 0.191 e. The lowest BCUT2D eigenvalue weighted by molar-refractivity contribution is 0.298. The van der Waals surface area contributed by atoms with E-state index in [-0.39, 0.29) is 24.0 Å². The molecule has 28 heavy (non-hydrogen) atoms. The minimum Gasteiger partial charge on any atom is -0.357 e. The molecular weight excluding hydrogens is 481 g/mol. The van der Waals surface area contributed by atoms with Crippen molar-refractivity contribution in [2.75, 3.05) is 33.7 Å². The van der Waals surface area contributed by atoms with Gasteiger partial charge in [0.05, 0.1) is 11.6 Å². The Morgan fingerprint density at radius 1 is 1.18 bits per heavy atom. The molecule has 1 atom stereocenters. The first-order chi connectivity index (χ1) is 13.1. The average Bonchev–Trinajstić information content (AvgIpc) is 3.13. The Morgan fingerprint density at radius 3 is 2.54 bits per heavy atom. The molecule has 0 bridgehead atoms. The van der Waals surface area contributed by atoms with Gasteiger partial charge in [-0.05, 0) is 39.4 Å². The van der Waals surface area contributed by atoms with E-state index in [4.69, 9.17) is 4.99 Å². The Kier molecular flexibility index (Phi) is 12.3. The second-order valence-corrected chi connectivity index (χ2v) is 7.98. The second kappa shape index (κ2) is 13.9. The van der Waals surface area contributed by atoms with Crippen LogP contribution in [-0.2, 0) is 19.3 Å². The molecule has 2 rings (SSSR count). The summed E-state index contributed by atoms with van der Waals surface area (Å²) in [5.41, 5.74) is 1.35. The van der Waals surface area contributed by atoms with Gasteiger partial charge in [-0.3, -0.25) is 4.99 Å². The molecule has 5 nitrogen and oxygen atoms in total. The molecule has 0 spiro atoms. The van der Waals surface area contributed by atoms with E-state index in [1.807, 2.05) is 6.20 Å². The summed E-state index contributed by atoms with van der Waals surface area (Å²) in [5, 5.41) is 7.97. The summed E-state index contributed by atoms with van der Waals surface area (Å²) in [6, 6.07) is 11.0. The quantitative estimate of drug-likeness (QED) is 0.289. The molecule has 1 aromatic carbocycles. The first kappa shape index (κ1) is 24.8. The highest BCUT2D eigenvalue weighted by Gasteiger charge is 2.12. The average molecular weight is 516 g/mol. The number of guanidine groups is 1.